The standard InChI is InChI=1S/C23H16ClFN2O2/c24-16-6-10-18(11-7-16)29-17-8-4-15(5-9-17)14-22(28)27-21-12-13-26-23-19(21)2-1-3-20(23)25/h1-13H,14H2,(H,26,27,28). The summed E-state index contributed by atoms with van der Waals surface area (Å²) in [5.41, 5.74) is 1.59. The molecule has 4 nitrogen and oxygen atoms in total. The molecule has 1 N–H and O–H groups in total. The highest BCUT2D eigenvalue weighted by molar-refractivity contribution is 6.30. The lowest BCUT2D eigenvalue weighted by atomic mass is 10.1. The molecule has 3 aromatic carbocycles. The third-order valence-corrected chi connectivity index (χ3v) is 4.59. The van der Waals surface area contributed by atoms with Crippen LogP contribution in [0.15, 0.2) is 79.0 Å². The second-order valence-electron chi connectivity index (χ2n) is 6.42. The van der Waals surface area contributed by atoms with Gasteiger partial charge in [0.15, 0.2) is 0 Å². The molecule has 144 valence electrons. The number of hydrogen-bond donors (Lipinski definition) is 1. The normalized spacial score (nSPS) is 10.7. The van der Waals surface area contributed by atoms with Crippen molar-refractivity contribution in [1.29, 1.82) is 0 Å². The molecule has 0 radical (unpaired) electrons. The fraction of sp³-hybridized carbons (Fsp3) is 0.0435. The van der Waals surface area contributed by atoms with E-state index < -0.39 is 5.82 Å². The summed E-state index contributed by atoms with van der Waals surface area (Å²) in [6.07, 6.45) is 1.66. The number of hydrogen-bond acceptors (Lipinski definition) is 3. The molecule has 4 rings (SSSR count). The van der Waals surface area contributed by atoms with E-state index in [0.29, 0.717) is 27.6 Å². The van der Waals surface area contributed by atoms with Crippen LogP contribution in [0.3, 0.4) is 0 Å². The molecule has 0 saturated heterocycles. The third-order valence-electron chi connectivity index (χ3n) is 4.33. The molecule has 0 spiro atoms. The summed E-state index contributed by atoms with van der Waals surface area (Å²) in [5, 5.41) is 4.04. The van der Waals surface area contributed by atoms with E-state index in [2.05, 4.69) is 10.3 Å². The van der Waals surface area contributed by atoms with Gasteiger partial charge in [0.05, 0.1) is 12.1 Å². The zero-order valence-electron chi connectivity index (χ0n) is 15.2. The lowest BCUT2D eigenvalue weighted by Gasteiger charge is -2.09. The first kappa shape index (κ1) is 18.9. The minimum atomic E-state index is -0.421. The molecule has 0 fully saturated rings. The van der Waals surface area contributed by atoms with Gasteiger partial charge in [0.1, 0.15) is 22.8 Å². The van der Waals surface area contributed by atoms with Gasteiger partial charge in [0, 0.05) is 16.6 Å². The Labute approximate surface area is 171 Å². The van der Waals surface area contributed by atoms with Crippen LogP contribution in [0.4, 0.5) is 10.1 Å². The Morgan fingerprint density at radius 2 is 1.66 bits per heavy atom. The topological polar surface area (TPSA) is 51.2 Å². The van der Waals surface area contributed by atoms with Gasteiger partial charge >= 0.3 is 0 Å². The molecule has 1 amide bonds. The highest BCUT2D eigenvalue weighted by Gasteiger charge is 2.10. The molecule has 0 atom stereocenters. The molecule has 0 aliphatic carbocycles. The van der Waals surface area contributed by atoms with Gasteiger partial charge in [-0.2, -0.15) is 0 Å². The Hall–Kier alpha value is -3.44. The second-order valence-corrected chi connectivity index (χ2v) is 6.86. The van der Waals surface area contributed by atoms with Crippen molar-refractivity contribution in [2.24, 2.45) is 0 Å². The second kappa shape index (κ2) is 8.29. The van der Waals surface area contributed by atoms with E-state index in [1.54, 1.807) is 54.6 Å². The summed E-state index contributed by atoms with van der Waals surface area (Å²) in [6, 6.07) is 20.6. The Morgan fingerprint density at radius 1 is 0.966 bits per heavy atom. The van der Waals surface area contributed by atoms with E-state index >= 15 is 0 Å². The van der Waals surface area contributed by atoms with Crippen molar-refractivity contribution in [3.05, 3.63) is 95.4 Å². The minimum Gasteiger partial charge on any atom is -0.457 e. The fourth-order valence-corrected chi connectivity index (χ4v) is 3.07. The highest BCUT2D eigenvalue weighted by atomic mass is 35.5. The Balaban J connectivity index is 1.42. The summed E-state index contributed by atoms with van der Waals surface area (Å²) in [4.78, 5) is 16.5. The first-order valence-corrected chi connectivity index (χ1v) is 9.32. The van der Waals surface area contributed by atoms with E-state index in [1.165, 1.54) is 12.3 Å². The number of carbonyl (C=O) groups is 1. The highest BCUT2D eigenvalue weighted by Crippen LogP contribution is 2.25. The average Bonchev–Trinajstić information content (AvgIpc) is 2.72. The molecule has 6 heteroatoms. The van der Waals surface area contributed by atoms with Gasteiger partial charge in [-0.05, 0) is 54.1 Å². The molecular formula is C23H16ClFN2O2. The monoisotopic (exact) mass is 406 g/mol. The van der Waals surface area contributed by atoms with Crippen LogP contribution in [0.2, 0.25) is 5.02 Å². The van der Waals surface area contributed by atoms with Crippen LogP contribution in [0, 0.1) is 5.82 Å². The Kier molecular flexibility index (Phi) is 5.40. The van der Waals surface area contributed by atoms with Crippen LogP contribution in [0.25, 0.3) is 10.9 Å². The Morgan fingerprint density at radius 3 is 2.38 bits per heavy atom. The first-order chi connectivity index (χ1) is 14.1. The number of amides is 1. The maximum absolute atomic E-state index is 13.9. The maximum atomic E-state index is 13.9. The predicted molar refractivity (Wildman–Crippen MR) is 112 cm³/mol. The molecule has 0 bridgehead atoms. The largest absolute Gasteiger partial charge is 0.457 e. The van der Waals surface area contributed by atoms with E-state index in [1.807, 2.05) is 12.1 Å². The molecule has 1 heterocycles. The van der Waals surface area contributed by atoms with Crippen LogP contribution in [0.1, 0.15) is 5.56 Å². The number of benzene rings is 3. The average molecular weight is 407 g/mol. The molecule has 0 saturated carbocycles. The van der Waals surface area contributed by atoms with Crippen LogP contribution < -0.4 is 10.1 Å². The van der Waals surface area contributed by atoms with Crippen molar-refractivity contribution >= 4 is 34.1 Å². The number of pyridine rings is 1. The number of carbonyl (C=O) groups excluding carboxylic acids is 1. The van der Waals surface area contributed by atoms with Crippen molar-refractivity contribution in [3.8, 4) is 11.5 Å². The van der Waals surface area contributed by atoms with Crippen molar-refractivity contribution < 1.29 is 13.9 Å². The number of nitrogens with zero attached hydrogens (tertiary/aromatic N) is 1. The van der Waals surface area contributed by atoms with Crippen molar-refractivity contribution in [2.45, 2.75) is 6.42 Å². The summed E-state index contributed by atoms with van der Waals surface area (Å²) >= 11 is 5.87. The van der Waals surface area contributed by atoms with Crippen molar-refractivity contribution in [1.82, 2.24) is 4.98 Å². The number of ether oxygens (including phenoxy) is 1. The van der Waals surface area contributed by atoms with E-state index in [9.17, 15) is 9.18 Å². The van der Waals surface area contributed by atoms with Gasteiger partial charge in [-0.3, -0.25) is 9.78 Å². The zero-order valence-corrected chi connectivity index (χ0v) is 16.0. The summed E-state index contributed by atoms with van der Waals surface area (Å²) < 4.78 is 19.6. The third kappa shape index (κ3) is 4.52. The van der Waals surface area contributed by atoms with Gasteiger partial charge in [0.2, 0.25) is 5.91 Å². The van der Waals surface area contributed by atoms with Gasteiger partial charge in [-0.15, -0.1) is 0 Å². The van der Waals surface area contributed by atoms with Crippen molar-refractivity contribution in [3.63, 3.8) is 0 Å². The number of anilines is 1. The van der Waals surface area contributed by atoms with Gasteiger partial charge in [-0.1, -0.05) is 35.9 Å². The maximum Gasteiger partial charge on any atom is 0.228 e. The Bertz CT molecular complexity index is 1160. The fourth-order valence-electron chi connectivity index (χ4n) is 2.94. The number of aromatic nitrogens is 1. The smallest absolute Gasteiger partial charge is 0.228 e. The van der Waals surface area contributed by atoms with Gasteiger partial charge in [0.25, 0.3) is 0 Å². The minimum absolute atomic E-state index is 0.181. The van der Waals surface area contributed by atoms with Crippen LogP contribution in [0.5, 0.6) is 11.5 Å². The molecule has 1 aromatic heterocycles. The lowest BCUT2D eigenvalue weighted by Crippen LogP contribution is -2.14. The zero-order chi connectivity index (χ0) is 20.2. The van der Waals surface area contributed by atoms with Crippen LogP contribution >= 0.6 is 11.6 Å². The van der Waals surface area contributed by atoms with E-state index in [0.717, 1.165) is 5.56 Å². The SMILES string of the molecule is O=C(Cc1ccc(Oc2ccc(Cl)cc2)cc1)Nc1ccnc2c(F)cccc12. The molecule has 0 unspecified atom stereocenters. The summed E-state index contributed by atoms with van der Waals surface area (Å²) in [5.74, 6) is 0.715. The van der Waals surface area contributed by atoms with Gasteiger partial charge < -0.3 is 10.1 Å². The lowest BCUT2D eigenvalue weighted by molar-refractivity contribution is -0.115. The molecule has 0 aliphatic rings. The molecular weight excluding hydrogens is 391 g/mol. The number of rotatable bonds is 5. The molecule has 29 heavy (non-hydrogen) atoms. The number of fused-ring (bicyclic) bond motifs is 1. The number of nitrogens with one attached hydrogen (secondary N) is 1. The molecule has 0 aliphatic heterocycles. The van der Waals surface area contributed by atoms with E-state index in [-0.39, 0.29) is 17.8 Å². The van der Waals surface area contributed by atoms with Crippen LogP contribution in [-0.2, 0) is 11.2 Å². The number of halogens is 2. The van der Waals surface area contributed by atoms with E-state index in [4.69, 9.17) is 16.3 Å². The quantitative estimate of drug-likeness (QED) is 0.442. The van der Waals surface area contributed by atoms with Crippen LogP contribution in [-0.4, -0.2) is 10.9 Å². The van der Waals surface area contributed by atoms with Crippen molar-refractivity contribution in [2.75, 3.05) is 5.32 Å². The molecule has 4 aromatic rings. The number of para-hydroxylation sites is 1. The predicted octanol–water partition coefficient (Wildman–Crippen LogP) is 6.00. The summed E-state index contributed by atoms with van der Waals surface area (Å²) in [6.45, 7) is 0. The first-order valence-electron chi connectivity index (χ1n) is 8.94. The van der Waals surface area contributed by atoms with Gasteiger partial charge in [-0.25, -0.2) is 4.39 Å². The summed E-state index contributed by atoms with van der Waals surface area (Å²) in [7, 11) is 0.